The lowest BCUT2D eigenvalue weighted by atomic mass is 10.2. The first-order valence-electron chi connectivity index (χ1n) is 5.26. The van der Waals surface area contributed by atoms with Crippen molar-refractivity contribution in [2.24, 2.45) is 0 Å². The third-order valence-corrected chi connectivity index (χ3v) is 3.09. The molecule has 0 aliphatic rings. The van der Waals surface area contributed by atoms with Crippen molar-refractivity contribution in [1.82, 2.24) is 15.0 Å². The Bertz CT molecular complexity index is 600. The van der Waals surface area contributed by atoms with Crippen LogP contribution >= 0.6 is 11.8 Å². The largest absolute Gasteiger partial charge is 0.477 e. The Morgan fingerprint density at radius 2 is 2.00 bits per heavy atom. The zero-order chi connectivity index (χ0) is 13.8. The number of thioether (sulfide) groups is 1. The van der Waals surface area contributed by atoms with Gasteiger partial charge in [0.2, 0.25) is 0 Å². The highest BCUT2D eigenvalue weighted by Crippen LogP contribution is 2.22. The minimum Gasteiger partial charge on any atom is -0.477 e. The third-order valence-electron chi connectivity index (χ3n) is 2.20. The quantitative estimate of drug-likeness (QED) is 0.558. The maximum Gasteiger partial charge on any atom is 0.354 e. The summed E-state index contributed by atoms with van der Waals surface area (Å²) >= 11 is 1.25. The van der Waals surface area contributed by atoms with Gasteiger partial charge in [-0.1, -0.05) is 17.8 Å². The van der Waals surface area contributed by atoms with E-state index < -0.39 is 5.97 Å². The third kappa shape index (κ3) is 3.32. The van der Waals surface area contributed by atoms with Crippen LogP contribution in [-0.2, 0) is 5.75 Å². The summed E-state index contributed by atoms with van der Waals surface area (Å²) in [4.78, 5) is 22.8. The van der Waals surface area contributed by atoms with Crippen molar-refractivity contribution in [2.45, 2.75) is 10.9 Å². The lowest BCUT2D eigenvalue weighted by molar-refractivity contribution is 0.0689. The van der Waals surface area contributed by atoms with Crippen LogP contribution in [0.3, 0.4) is 0 Å². The Balaban J connectivity index is 2.16. The van der Waals surface area contributed by atoms with Crippen LogP contribution in [0.5, 0.6) is 0 Å². The summed E-state index contributed by atoms with van der Waals surface area (Å²) in [7, 11) is 0. The molecule has 98 valence electrons. The number of anilines is 2. The molecule has 2 heterocycles. The standard InChI is InChI=1S/C11H11N5O2S/c12-7-4-8(13)16-11(15-7)19-5-6-2-1-3-14-9(6)10(17)18/h1-4H,5H2,(H,17,18)(H4,12,13,15,16). The Morgan fingerprint density at radius 3 is 2.63 bits per heavy atom. The molecule has 0 bridgehead atoms. The van der Waals surface area contributed by atoms with Gasteiger partial charge in [-0.25, -0.2) is 19.7 Å². The van der Waals surface area contributed by atoms with Crippen LogP contribution in [0.2, 0.25) is 0 Å². The molecule has 0 unspecified atom stereocenters. The highest BCUT2D eigenvalue weighted by molar-refractivity contribution is 7.98. The minimum absolute atomic E-state index is 0.0203. The van der Waals surface area contributed by atoms with E-state index in [-0.39, 0.29) is 17.3 Å². The highest BCUT2D eigenvalue weighted by atomic mass is 32.2. The monoisotopic (exact) mass is 277 g/mol. The molecule has 8 heteroatoms. The van der Waals surface area contributed by atoms with E-state index in [4.69, 9.17) is 16.6 Å². The number of nitrogen functional groups attached to an aromatic ring is 2. The Morgan fingerprint density at radius 1 is 1.32 bits per heavy atom. The topological polar surface area (TPSA) is 128 Å². The predicted octanol–water partition coefficient (Wildman–Crippen LogP) is 1.03. The number of nitrogens with two attached hydrogens (primary N) is 2. The van der Waals surface area contributed by atoms with Crippen molar-refractivity contribution >= 4 is 29.4 Å². The average molecular weight is 277 g/mol. The van der Waals surface area contributed by atoms with E-state index in [1.807, 2.05) is 0 Å². The van der Waals surface area contributed by atoms with Crippen LogP contribution in [0.25, 0.3) is 0 Å². The van der Waals surface area contributed by atoms with Gasteiger partial charge in [-0.3, -0.25) is 0 Å². The molecular weight excluding hydrogens is 266 g/mol. The molecule has 0 saturated heterocycles. The number of nitrogens with zero attached hydrogens (tertiary/aromatic N) is 3. The van der Waals surface area contributed by atoms with Crippen LogP contribution < -0.4 is 11.5 Å². The van der Waals surface area contributed by atoms with Crippen LogP contribution in [0.4, 0.5) is 11.6 Å². The van der Waals surface area contributed by atoms with E-state index in [0.29, 0.717) is 16.5 Å². The summed E-state index contributed by atoms with van der Waals surface area (Å²) in [6.45, 7) is 0. The SMILES string of the molecule is Nc1cc(N)nc(SCc2cccnc2C(=O)O)n1. The van der Waals surface area contributed by atoms with E-state index in [0.717, 1.165) is 0 Å². The molecule has 2 rings (SSSR count). The molecule has 0 amide bonds. The van der Waals surface area contributed by atoms with Gasteiger partial charge in [-0.05, 0) is 11.6 Å². The first kappa shape index (κ1) is 13.1. The number of carboxylic acid groups (broad SMARTS) is 1. The number of hydrogen-bond acceptors (Lipinski definition) is 7. The Labute approximate surface area is 113 Å². The number of rotatable bonds is 4. The van der Waals surface area contributed by atoms with Crippen LogP contribution in [-0.4, -0.2) is 26.0 Å². The summed E-state index contributed by atoms with van der Waals surface area (Å²) in [5.41, 5.74) is 11.7. The molecule has 0 fully saturated rings. The first-order valence-corrected chi connectivity index (χ1v) is 6.25. The minimum atomic E-state index is -1.07. The number of aromatic nitrogens is 3. The van der Waals surface area contributed by atoms with Crippen LogP contribution in [0.1, 0.15) is 16.1 Å². The molecule has 0 spiro atoms. The maximum absolute atomic E-state index is 11.0. The molecule has 2 aromatic heterocycles. The van der Waals surface area contributed by atoms with Crippen molar-refractivity contribution in [3.63, 3.8) is 0 Å². The van der Waals surface area contributed by atoms with Crippen molar-refractivity contribution in [2.75, 3.05) is 11.5 Å². The van der Waals surface area contributed by atoms with Crippen molar-refractivity contribution < 1.29 is 9.90 Å². The Kier molecular flexibility index (Phi) is 3.81. The summed E-state index contributed by atoms with van der Waals surface area (Å²) in [5.74, 6) is -0.137. The van der Waals surface area contributed by atoms with Gasteiger partial charge in [0.25, 0.3) is 0 Å². The second-order valence-electron chi connectivity index (χ2n) is 3.61. The van der Waals surface area contributed by atoms with Crippen LogP contribution in [0, 0.1) is 0 Å². The highest BCUT2D eigenvalue weighted by Gasteiger charge is 2.12. The van der Waals surface area contributed by atoms with Gasteiger partial charge in [0, 0.05) is 18.0 Å². The van der Waals surface area contributed by atoms with Crippen molar-refractivity contribution in [3.05, 3.63) is 35.7 Å². The molecule has 7 nitrogen and oxygen atoms in total. The zero-order valence-corrected chi connectivity index (χ0v) is 10.6. The number of hydrogen-bond donors (Lipinski definition) is 3. The molecule has 5 N–H and O–H groups in total. The smallest absolute Gasteiger partial charge is 0.354 e. The molecular formula is C11H11N5O2S. The van der Waals surface area contributed by atoms with Gasteiger partial charge < -0.3 is 16.6 Å². The first-order chi connectivity index (χ1) is 9.06. The second-order valence-corrected chi connectivity index (χ2v) is 4.55. The number of carbonyl (C=O) groups is 1. The summed E-state index contributed by atoms with van der Waals surface area (Å²) in [6, 6.07) is 4.83. The normalized spacial score (nSPS) is 10.3. The lowest BCUT2D eigenvalue weighted by Gasteiger charge is -2.05. The van der Waals surface area contributed by atoms with E-state index in [9.17, 15) is 4.79 Å². The van der Waals surface area contributed by atoms with E-state index in [1.165, 1.54) is 24.0 Å². The summed E-state index contributed by atoms with van der Waals surface area (Å²) in [5, 5.41) is 9.41. The van der Waals surface area contributed by atoms with Crippen LogP contribution in [0.15, 0.2) is 29.6 Å². The fraction of sp³-hybridized carbons (Fsp3) is 0.0909. The molecule has 19 heavy (non-hydrogen) atoms. The van der Waals surface area contributed by atoms with Gasteiger partial charge in [0.15, 0.2) is 10.9 Å². The molecule has 0 aliphatic carbocycles. The van der Waals surface area contributed by atoms with Crippen molar-refractivity contribution in [1.29, 1.82) is 0 Å². The molecule has 2 aromatic rings. The fourth-order valence-electron chi connectivity index (χ4n) is 1.42. The summed E-state index contributed by atoms with van der Waals surface area (Å²) in [6.07, 6.45) is 1.44. The van der Waals surface area contributed by atoms with Gasteiger partial charge in [0.05, 0.1) is 0 Å². The van der Waals surface area contributed by atoms with Crippen molar-refractivity contribution in [3.8, 4) is 0 Å². The predicted molar refractivity (Wildman–Crippen MR) is 71.6 cm³/mol. The molecule has 0 saturated carbocycles. The number of pyridine rings is 1. The van der Waals surface area contributed by atoms with E-state index in [1.54, 1.807) is 12.1 Å². The molecule has 0 aliphatic heterocycles. The average Bonchev–Trinajstić information content (AvgIpc) is 2.35. The lowest BCUT2D eigenvalue weighted by Crippen LogP contribution is -2.05. The number of aromatic carboxylic acids is 1. The fourth-order valence-corrected chi connectivity index (χ4v) is 2.27. The van der Waals surface area contributed by atoms with Gasteiger partial charge >= 0.3 is 5.97 Å². The summed E-state index contributed by atoms with van der Waals surface area (Å²) < 4.78 is 0. The zero-order valence-electron chi connectivity index (χ0n) is 9.78. The van der Waals surface area contributed by atoms with E-state index >= 15 is 0 Å². The Hall–Kier alpha value is -2.35. The van der Waals surface area contributed by atoms with Gasteiger partial charge in [0.1, 0.15) is 11.6 Å². The number of carboxylic acids is 1. The maximum atomic E-state index is 11.0. The van der Waals surface area contributed by atoms with Gasteiger partial charge in [-0.2, -0.15) is 0 Å². The van der Waals surface area contributed by atoms with E-state index in [2.05, 4.69) is 15.0 Å². The second kappa shape index (κ2) is 5.53. The molecule has 0 atom stereocenters. The molecule has 0 aromatic carbocycles. The van der Waals surface area contributed by atoms with Gasteiger partial charge in [-0.15, -0.1) is 0 Å². The molecule has 0 radical (unpaired) electrons.